The predicted octanol–water partition coefficient (Wildman–Crippen LogP) is 3.18. The van der Waals surface area contributed by atoms with Gasteiger partial charge in [-0.1, -0.05) is 24.6 Å². The van der Waals surface area contributed by atoms with Gasteiger partial charge in [-0.25, -0.2) is 0 Å². The summed E-state index contributed by atoms with van der Waals surface area (Å²) in [5.74, 6) is 0. The normalized spacial score (nSPS) is 12.4. The van der Waals surface area contributed by atoms with Crippen molar-refractivity contribution in [3.63, 3.8) is 0 Å². The summed E-state index contributed by atoms with van der Waals surface area (Å²) in [6.45, 7) is 5.03. The van der Waals surface area contributed by atoms with E-state index in [9.17, 15) is 10.1 Å². The molecule has 0 aliphatic carbocycles. The average molecular weight is 257 g/mol. The molecule has 0 fully saturated rings. The number of hydrogen-bond donors (Lipinski definition) is 1. The molecule has 0 saturated heterocycles. The highest BCUT2D eigenvalue weighted by Gasteiger charge is 2.16. The Hall–Kier alpha value is -1.13. The van der Waals surface area contributed by atoms with Gasteiger partial charge in [0.05, 0.1) is 4.92 Å². The summed E-state index contributed by atoms with van der Waals surface area (Å²) in [5, 5.41) is 14.6. The minimum atomic E-state index is -0.381. The Morgan fingerprint density at radius 3 is 2.82 bits per heavy atom. The Morgan fingerprint density at radius 2 is 2.24 bits per heavy atom. The van der Waals surface area contributed by atoms with E-state index in [1.165, 1.54) is 6.07 Å². The van der Waals surface area contributed by atoms with Gasteiger partial charge in [-0.05, 0) is 32.4 Å². The van der Waals surface area contributed by atoms with Crippen molar-refractivity contribution in [2.75, 3.05) is 6.54 Å². The van der Waals surface area contributed by atoms with Crippen LogP contribution in [0.25, 0.3) is 0 Å². The Bertz CT molecular complexity index is 396. The molecule has 1 aromatic rings. The molecule has 1 unspecified atom stereocenters. The van der Waals surface area contributed by atoms with Gasteiger partial charge in [-0.2, -0.15) is 0 Å². The Morgan fingerprint density at radius 1 is 1.53 bits per heavy atom. The van der Waals surface area contributed by atoms with E-state index in [2.05, 4.69) is 12.2 Å². The highest BCUT2D eigenvalue weighted by Crippen LogP contribution is 2.24. The molecule has 5 heteroatoms. The van der Waals surface area contributed by atoms with Crippen molar-refractivity contribution in [1.29, 1.82) is 0 Å². The first-order valence-corrected chi connectivity index (χ1v) is 6.08. The first-order valence-electron chi connectivity index (χ1n) is 5.70. The highest BCUT2D eigenvalue weighted by molar-refractivity contribution is 6.30. The number of halogens is 1. The van der Waals surface area contributed by atoms with Crippen LogP contribution in [0, 0.1) is 10.1 Å². The molecule has 0 aliphatic heterocycles. The molecule has 4 nitrogen and oxygen atoms in total. The zero-order chi connectivity index (χ0) is 12.8. The van der Waals surface area contributed by atoms with E-state index < -0.39 is 0 Å². The van der Waals surface area contributed by atoms with Crippen LogP contribution in [0.5, 0.6) is 0 Å². The second-order valence-electron chi connectivity index (χ2n) is 4.09. The van der Waals surface area contributed by atoms with Gasteiger partial charge < -0.3 is 5.32 Å². The molecular formula is C12H17ClN2O2. The maximum atomic E-state index is 10.9. The fourth-order valence-corrected chi connectivity index (χ4v) is 1.84. The first kappa shape index (κ1) is 13.9. The lowest BCUT2D eigenvalue weighted by atomic mass is 10.1. The molecule has 0 aliphatic rings. The van der Waals surface area contributed by atoms with Gasteiger partial charge in [0.25, 0.3) is 5.69 Å². The van der Waals surface area contributed by atoms with Gasteiger partial charge in [0.15, 0.2) is 0 Å². The summed E-state index contributed by atoms with van der Waals surface area (Å²) >= 11 is 5.76. The zero-order valence-electron chi connectivity index (χ0n) is 10.1. The molecule has 94 valence electrons. The minimum Gasteiger partial charge on any atom is -0.314 e. The van der Waals surface area contributed by atoms with Crippen molar-refractivity contribution < 1.29 is 4.92 Å². The number of rotatable bonds is 6. The molecule has 0 heterocycles. The van der Waals surface area contributed by atoms with E-state index in [0.717, 1.165) is 18.5 Å². The zero-order valence-corrected chi connectivity index (χ0v) is 10.8. The second kappa shape index (κ2) is 6.57. The van der Waals surface area contributed by atoms with Gasteiger partial charge in [0, 0.05) is 22.7 Å². The number of nitro benzene ring substituents is 1. The molecule has 17 heavy (non-hydrogen) atoms. The van der Waals surface area contributed by atoms with Crippen molar-refractivity contribution in [2.45, 2.75) is 32.7 Å². The van der Waals surface area contributed by atoms with Crippen LogP contribution < -0.4 is 5.32 Å². The van der Waals surface area contributed by atoms with Gasteiger partial charge in [0.2, 0.25) is 0 Å². The van der Waals surface area contributed by atoms with E-state index in [0.29, 0.717) is 11.4 Å². The summed E-state index contributed by atoms with van der Waals surface area (Å²) < 4.78 is 0. The molecule has 0 aromatic heterocycles. The predicted molar refractivity (Wildman–Crippen MR) is 69.6 cm³/mol. The molecule has 0 spiro atoms. The third-order valence-electron chi connectivity index (χ3n) is 2.51. The monoisotopic (exact) mass is 256 g/mol. The van der Waals surface area contributed by atoms with Crippen LogP contribution in [0.4, 0.5) is 5.69 Å². The summed E-state index contributed by atoms with van der Waals surface area (Å²) in [4.78, 5) is 10.5. The Labute approximate surface area is 106 Å². The Kier molecular flexibility index (Phi) is 5.38. The lowest BCUT2D eigenvalue weighted by Crippen LogP contribution is -2.28. The molecular weight excluding hydrogens is 240 g/mol. The van der Waals surface area contributed by atoms with E-state index in [1.807, 2.05) is 6.92 Å². The van der Waals surface area contributed by atoms with Crippen LogP contribution in [0.2, 0.25) is 5.02 Å². The van der Waals surface area contributed by atoms with Gasteiger partial charge >= 0.3 is 0 Å². The minimum absolute atomic E-state index is 0.0997. The Balaban J connectivity index is 2.79. The van der Waals surface area contributed by atoms with E-state index >= 15 is 0 Å². The number of nitrogens with one attached hydrogen (secondary N) is 1. The third-order valence-corrected chi connectivity index (χ3v) is 2.75. The maximum Gasteiger partial charge on any atom is 0.274 e. The fraction of sp³-hybridized carbons (Fsp3) is 0.500. The van der Waals surface area contributed by atoms with Gasteiger partial charge in [0.1, 0.15) is 0 Å². The third kappa shape index (κ3) is 4.32. The fourth-order valence-electron chi connectivity index (χ4n) is 1.67. The molecule has 1 rings (SSSR count). The van der Waals surface area contributed by atoms with Crippen molar-refractivity contribution in [1.82, 2.24) is 5.32 Å². The summed E-state index contributed by atoms with van der Waals surface area (Å²) in [6.07, 6.45) is 1.68. The van der Waals surface area contributed by atoms with Crippen LogP contribution in [0.1, 0.15) is 25.8 Å². The lowest BCUT2D eigenvalue weighted by Gasteiger charge is -2.13. The average Bonchev–Trinajstić information content (AvgIpc) is 2.28. The standard InChI is InChI=1S/C12H17ClN2O2/c1-3-6-14-9(2)7-10-4-5-11(13)8-12(10)15(16)17/h4-5,8-9,14H,3,6-7H2,1-2H3. The molecule has 0 amide bonds. The van der Waals surface area contributed by atoms with Crippen molar-refractivity contribution in [2.24, 2.45) is 0 Å². The largest absolute Gasteiger partial charge is 0.314 e. The summed E-state index contributed by atoms with van der Waals surface area (Å²) in [5.41, 5.74) is 0.818. The molecule has 1 aromatic carbocycles. The topological polar surface area (TPSA) is 55.2 Å². The number of nitro groups is 1. The lowest BCUT2D eigenvalue weighted by molar-refractivity contribution is -0.385. The molecule has 0 radical (unpaired) electrons. The van der Waals surface area contributed by atoms with Crippen LogP contribution in [-0.2, 0) is 6.42 Å². The van der Waals surface area contributed by atoms with Crippen molar-refractivity contribution >= 4 is 17.3 Å². The molecule has 1 N–H and O–H groups in total. The first-order chi connectivity index (χ1) is 8.04. The van der Waals surface area contributed by atoms with Crippen molar-refractivity contribution in [3.05, 3.63) is 38.9 Å². The SMILES string of the molecule is CCCNC(C)Cc1ccc(Cl)cc1[N+](=O)[O-]. The van der Waals surface area contributed by atoms with Crippen LogP contribution in [-0.4, -0.2) is 17.5 Å². The van der Waals surface area contributed by atoms with E-state index in [4.69, 9.17) is 11.6 Å². The summed E-state index contributed by atoms with van der Waals surface area (Å²) in [6, 6.07) is 5.04. The van der Waals surface area contributed by atoms with Crippen LogP contribution in [0.15, 0.2) is 18.2 Å². The van der Waals surface area contributed by atoms with Crippen LogP contribution >= 0.6 is 11.6 Å². The van der Waals surface area contributed by atoms with E-state index in [-0.39, 0.29) is 16.7 Å². The van der Waals surface area contributed by atoms with Gasteiger partial charge in [-0.3, -0.25) is 10.1 Å². The highest BCUT2D eigenvalue weighted by atomic mass is 35.5. The number of nitrogens with zero attached hydrogens (tertiary/aromatic N) is 1. The second-order valence-corrected chi connectivity index (χ2v) is 4.53. The molecule has 1 atom stereocenters. The smallest absolute Gasteiger partial charge is 0.274 e. The van der Waals surface area contributed by atoms with Crippen LogP contribution in [0.3, 0.4) is 0 Å². The van der Waals surface area contributed by atoms with Crippen molar-refractivity contribution in [3.8, 4) is 0 Å². The maximum absolute atomic E-state index is 10.9. The summed E-state index contributed by atoms with van der Waals surface area (Å²) in [7, 11) is 0. The molecule has 0 bridgehead atoms. The van der Waals surface area contributed by atoms with Gasteiger partial charge in [-0.15, -0.1) is 0 Å². The molecule has 0 saturated carbocycles. The van der Waals surface area contributed by atoms with E-state index in [1.54, 1.807) is 12.1 Å². The quantitative estimate of drug-likeness (QED) is 0.628. The number of benzene rings is 1. The number of hydrogen-bond acceptors (Lipinski definition) is 3.